The van der Waals surface area contributed by atoms with Crippen LogP contribution in [0.3, 0.4) is 0 Å². The molecule has 2 heterocycles. The van der Waals surface area contributed by atoms with Crippen LogP contribution in [0.1, 0.15) is 23.7 Å². The maximum atomic E-state index is 13.0. The van der Waals surface area contributed by atoms with E-state index in [2.05, 4.69) is 10.6 Å². The van der Waals surface area contributed by atoms with Gasteiger partial charge < -0.3 is 18.9 Å². The van der Waals surface area contributed by atoms with Crippen LogP contribution in [0.2, 0.25) is 5.02 Å². The van der Waals surface area contributed by atoms with E-state index in [0.717, 1.165) is 44.6 Å². The zero-order chi connectivity index (χ0) is 23.7. The van der Waals surface area contributed by atoms with Gasteiger partial charge in [-0.15, -0.1) is 0 Å². The molecule has 1 aliphatic rings. The summed E-state index contributed by atoms with van der Waals surface area (Å²) in [5.74, 6) is 2.51. The number of para-hydroxylation sites is 2. The molecule has 4 aromatic rings. The van der Waals surface area contributed by atoms with Crippen molar-refractivity contribution in [1.82, 2.24) is 9.55 Å². The molecule has 3 aromatic carbocycles. The molecule has 0 aliphatic carbocycles. The predicted octanol–water partition coefficient (Wildman–Crippen LogP) is 5.61. The quantitative estimate of drug-likeness (QED) is 0.349. The van der Waals surface area contributed by atoms with Gasteiger partial charge in [-0.1, -0.05) is 29.8 Å². The van der Waals surface area contributed by atoms with Gasteiger partial charge in [0.1, 0.15) is 23.9 Å². The lowest BCUT2D eigenvalue weighted by Gasteiger charge is -2.18. The molecule has 5 rings (SSSR count). The first-order valence-electron chi connectivity index (χ1n) is 11.3. The van der Waals surface area contributed by atoms with Gasteiger partial charge in [-0.2, -0.15) is 0 Å². The van der Waals surface area contributed by atoms with E-state index in [-0.39, 0.29) is 11.8 Å². The van der Waals surface area contributed by atoms with Gasteiger partial charge in [0.15, 0.2) is 0 Å². The minimum atomic E-state index is -0.0103. The predicted molar refractivity (Wildman–Crippen MR) is 134 cm³/mol. The molecular weight excluding hydrogens is 450 g/mol. The summed E-state index contributed by atoms with van der Waals surface area (Å²) >= 11 is 6.13. The highest BCUT2D eigenvalue weighted by Gasteiger charge is 2.35. The number of ether oxygens (including phenoxy) is 2. The highest BCUT2D eigenvalue weighted by atomic mass is 35.5. The van der Waals surface area contributed by atoms with Crippen molar-refractivity contribution in [3.05, 3.63) is 83.1 Å². The third-order valence-corrected chi connectivity index (χ3v) is 6.68. The molecule has 174 valence electrons. The minimum absolute atomic E-state index is 0.0103. The number of benzene rings is 3. The molecule has 1 saturated heterocycles. The number of nitrogens with zero attached hydrogens (tertiary/aromatic N) is 3. The van der Waals surface area contributed by atoms with E-state index in [1.165, 1.54) is 0 Å². The molecule has 0 N–H and O–H groups in total. The Morgan fingerprint density at radius 3 is 2.74 bits per heavy atom. The molecule has 1 atom stereocenters. The standard InChI is InChI=1S/C27H26ClN3O3/c1-18-14-22(10-11-23(18)28)34-13-12-30-25-9-4-3-8-24(25)29-27(30)19-15-26(32)31(17-19)20-6-5-7-21(16-20)33-2/h3-11,14,16,19H,12-13,15,17H2,1-2H3. The number of imidazole rings is 1. The van der Waals surface area contributed by atoms with Gasteiger partial charge in [0, 0.05) is 35.7 Å². The van der Waals surface area contributed by atoms with Crippen LogP contribution in [0, 0.1) is 6.92 Å². The molecular formula is C27H26ClN3O3. The summed E-state index contributed by atoms with van der Waals surface area (Å²) in [6.45, 7) is 3.64. The third kappa shape index (κ3) is 4.33. The second kappa shape index (κ2) is 9.39. The number of anilines is 1. The van der Waals surface area contributed by atoms with Crippen molar-refractivity contribution in [2.45, 2.75) is 25.8 Å². The molecule has 1 fully saturated rings. The third-order valence-electron chi connectivity index (χ3n) is 6.25. The molecule has 1 amide bonds. The van der Waals surface area contributed by atoms with Gasteiger partial charge in [-0.3, -0.25) is 4.79 Å². The number of methoxy groups -OCH3 is 1. The Morgan fingerprint density at radius 2 is 1.91 bits per heavy atom. The van der Waals surface area contributed by atoms with Gasteiger partial charge in [-0.05, 0) is 55.0 Å². The van der Waals surface area contributed by atoms with E-state index >= 15 is 0 Å². The summed E-state index contributed by atoms with van der Waals surface area (Å²) in [5.41, 5.74) is 3.79. The normalized spacial score (nSPS) is 15.8. The van der Waals surface area contributed by atoms with Crippen LogP contribution in [0.5, 0.6) is 11.5 Å². The van der Waals surface area contributed by atoms with Crippen molar-refractivity contribution >= 4 is 34.2 Å². The Labute approximate surface area is 203 Å². The smallest absolute Gasteiger partial charge is 0.227 e. The average Bonchev–Trinajstić information content (AvgIpc) is 3.42. The minimum Gasteiger partial charge on any atom is -0.497 e. The number of rotatable bonds is 7. The zero-order valence-electron chi connectivity index (χ0n) is 19.2. The topological polar surface area (TPSA) is 56.6 Å². The fourth-order valence-electron chi connectivity index (χ4n) is 4.51. The Hall–Kier alpha value is -3.51. The molecule has 7 heteroatoms. The Bertz CT molecular complexity index is 1350. The second-order valence-corrected chi connectivity index (χ2v) is 8.88. The van der Waals surface area contributed by atoms with Crippen molar-refractivity contribution in [3.63, 3.8) is 0 Å². The highest BCUT2D eigenvalue weighted by Crippen LogP contribution is 2.34. The second-order valence-electron chi connectivity index (χ2n) is 8.48. The van der Waals surface area contributed by atoms with Crippen molar-refractivity contribution in [1.29, 1.82) is 0 Å². The van der Waals surface area contributed by atoms with Gasteiger partial charge in [0.25, 0.3) is 0 Å². The van der Waals surface area contributed by atoms with Crippen LogP contribution in [0.4, 0.5) is 5.69 Å². The van der Waals surface area contributed by atoms with Crippen LogP contribution < -0.4 is 14.4 Å². The Morgan fingerprint density at radius 1 is 1.06 bits per heavy atom. The van der Waals surface area contributed by atoms with Crippen LogP contribution in [-0.2, 0) is 11.3 Å². The maximum Gasteiger partial charge on any atom is 0.227 e. The summed E-state index contributed by atoms with van der Waals surface area (Å²) in [4.78, 5) is 19.7. The summed E-state index contributed by atoms with van der Waals surface area (Å²) < 4.78 is 13.5. The molecule has 6 nitrogen and oxygen atoms in total. The van der Waals surface area contributed by atoms with E-state index in [0.29, 0.717) is 26.1 Å². The van der Waals surface area contributed by atoms with E-state index in [1.54, 1.807) is 7.11 Å². The van der Waals surface area contributed by atoms with E-state index in [9.17, 15) is 4.79 Å². The molecule has 0 spiro atoms. The number of amides is 1. The van der Waals surface area contributed by atoms with Crippen LogP contribution in [0.25, 0.3) is 11.0 Å². The molecule has 1 unspecified atom stereocenters. The van der Waals surface area contributed by atoms with E-state index < -0.39 is 0 Å². The first kappa shape index (κ1) is 22.3. The number of fused-ring (bicyclic) bond motifs is 1. The van der Waals surface area contributed by atoms with Gasteiger partial charge >= 0.3 is 0 Å². The van der Waals surface area contributed by atoms with Crippen molar-refractivity contribution in [3.8, 4) is 11.5 Å². The monoisotopic (exact) mass is 475 g/mol. The molecule has 1 aliphatic heterocycles. The lowest BCUT2D eigenvalue weighted by atomic mass is 10.1. The number of aryl methyl sites for hydroxylation is 1. The van der Waals surface area contributed by atoms with E-state index in [1.807, 2.05) is 72.5 Å². The van der Waals surface area contributed by atoms with Crippen LogP contribution >= 0.6 is 11.6 Å². The number of halogens is 1. The van der Waals surface area contributed by atoms with Crippen molar-refractivity contribution in [2.24, 2.45) is 0 Å². The number of hydrogen-bond acceptors (Lipinski definition) is 4. The average molecular weight is 476 g/mol. The fraction of sp³-hybridized carbons (Fsp3) is 0.259. The zero-order valence-corrected chi connectivity index (χ0v) is 20.0. The lowest BCUT2D eigenvalue weighted by molar-refractivity contribution is -0.117. The summed E-state index contributed by atoms with van der Waals surface area (Å²) in [7, 11) is 1.63. The molecule has 1 aromatic heterocycles. The maximum absolute atomic E-state index is 13.0. The molecule has 0 saturated carbocycles. The van der Waals surface area contributed by atoms with Crippen LogP contribution in [-0.4, -0.2) is 35.7 Å². The summed E-state index contributed by atoms with van der Waals surface area (Å²) in [6, 6.07) is 21.4. The molecule has 0 bridgehead atoms. The molecule has 34 heavy (non-hydrogen) atoms. The summed E-state index contributed by atoms with van der Waals surface area (Å²) in [6.07, 6.45) is 0.414. The summed E-state index contributed by atoms with van der Waals surface area (Å²) in [5, 5.41) is 0.724. The first-order chi connectivity index (χ1) is 16.5. The largest absolute Gasteiger partial charge is 0.497 e. The number of aromatic nitrogens is 2. The van der Waals surface area contributed by atoms with Crippen LogP contribution in [0.15, 0.2) is 66.7 Å². The number of carbonyl (C=O) groups excluding carboxylic acids is 1. The van der Waals surface area contributed by atoms with Gasteiger partial charge in [-0.25, -0.2) is 4.98 Å². The van der Waals surface area contributed by atoms with Gasteiger partial charge in [0.2, 0.25) is 5.91 Å². The number of carbonyl (C=O) groups is 1. The Kier molecular flexibility index (Phi) is 6.16. The highest BCUT2D eigenvalue weighted by molar-refractivity contribution is 6.31. The van der Waals surface area contributed by atoms with Gasteiger partial charge in [0.05, 0.1) is 24.7 Å². The van der Waals surface area contributed by atoms with Crippen molar-refractivity contribution < 1.29 is 14.3 Å². The lowest BCUT2D eigenvalue weighted by Crippen LogP contribution is -2.24. The SMILES string of the molecule is COc1cccc(N2CC(c3nc4ccccc4n3CCOc3ccc(Cl)c(C)c3)CC2=O)c1. The molecule has 0 radical (unpaired) electrons. The number of hydrogen-bond donors (Lipinski definition) is 0. The fourth-order valence-corrected chi connectivity index (χ4v) is 4.63. The first-order valence-corrected chi connectivity index (χ1v) is 11.7. The Balaban J connectivity index is 1.39. The van der Waals surface area contributed by atoms with E-state index in [4.69, 9.17) is 26.1 Å². The van der Waals surface area contributed by atoms with Crippen molar-refractivity contribution in [2.75, 3.05) is 25.2 Å².